The third-order valence-corrected chi connectivity index (χ3v) is 4.47. The van der Waals surface area contributed by atoms with Crippen molar-refractivity contribution < 1.29 is 9.53 Å². The third kappa shape index (κ3) is 3.49. The number of nitrogens with zero attached hydrogens (tertiary/aromatic N) is 3. The minimum atomic E-state index is -0.357. The molecule has 0 atom stereocenters. The quantitative estimate of drug-likeness (QED) is 0.662. The number of benzene rings is 1. The molecule has 24 heavy (non-hydrogen) atoms. The van der Waals surface area contributed by atoms with Crippen molar-refractivity contribution in [3.8, 4) is 11.3 Å². The van der Waals surface area contributed by atoms with E-state index in [4.69, 9.17) is 4.74 Å². The molecular formula is C18H17N3O2S. The summed E-state index contributed by atoms with van der Waals surface area (Å²) in [5.41, 5.74) is 2.61. The lowest BCUT2D eigenvalue weighted by Gasteiger charge is -2.06. The molecule has 0 saturated carbocycles. The number of aromatic nitrogens is 3. The van der Waals surface area contributed by atoms with Crippen LogP contribution in [0, 0.1) is 0 Å². The summed E-state index contributed by atoms with van der Waals surface area (Å²) in [7, 11) is 1.98. The van der Waals surface area contributed by atoms with Crippen molar-refractivity contribution in [2.75, 3.05) is 6.61 Å². The van der Waals surface area contributed by atoms with Gasteiger partial charge in [-0.25, -0.2) is 14.8 Å². The first-order chi connectivity index (χ1) is 11.7. The van der Waals surface area contributed by atoms with E-state index in [1.807, 2.05) is 36.0 Å². The predicted molar refractivity (Wildman–Crippen MR) is 93.0 cm³/mol. The van der Waals surface area contributed by atoms with Crippen molar-refractivity contribution in [2.24, 2.45) is 7.05 Å². The number of imidazole rings is 1. The standard InChI is InChI=1S/C18H17N3O2S/c1-3-23-17(22)14-9-10-16(19-11-14)24-18-20-12-15(21(18)2)13-7-5-4-6-8-13/h4-12H,3H2,1-2H3. The van der Waals surface area contributed by atoms with Crippen molar-refractivity contribution in [3.05, 3.63) is 60.4 Å². The van der Waals surface area contributed by atoms with E-state index >= 15 is 0 Å². The fourth-order valence-electron chi connectivity index (χ4n) is 2.23. The summed E-state index contributed by atoms with van der Waals surface area (Å²) in [6.45, 7) is 2.13. The van der Waals surface area contributed by atoms with Gasteiger partial charge in [-0.1, -0.05) is 30.3 Å². The molecule has 2 aromatic heterocycles. The summed E-state index contributed by atoms with van der Waals surface area (Å²) >= 11 is 1.45. The third-order valence-electron chi connectivity index (χ3n) is 3.46. The van der Waals surface area contributed by atoms with Gasteiger partial charge < -0.3 is 9.30 Å². The summed E-state index contributed by atoms with van der Waals surface area (Å²) in [6.07, 6.45) is 3.38. The SMILES string of the molecule is CCOC(=O)c1ccc(Sc2ncc(-c3ccccc3)n2C)nc1. The molecular weight excluding hydrogens is 322 g/mol. The van der Waals surface area contributed by atoms with E-state index in [-0.39, 0.29) is 5.97 Å². The van der Waals surface area contributed by atoms with Crippen LogP contribution in [0.4, 0.5) is 0 Å². The van der Waals surface area contributed by atoms with Crippen LogP contribution in [0.25, 0.3) is 11.3 Å². The Morgan fingerprint density at radius 1 is 1.12 bits per heavy atom. The van der Waals surface area contributed by atoms with Crippen LogP contribution in [0.15, 0.2) is 65.0 Å². The average Bonchev–Trinajstić information content (AvgIpc) is 2.97. The number of hydrogen-bond donors (Lipinski definition) is 0. The van der Waals surface area contributed by atoms with Crippen molar-refractivity contribution in [2.45, 2.75) is 17.1 Å². The summed E-state index contributed by atoms with van der Waals surface area (Å²) in [4.78, 5) is 20.4. The lowest BCUT2D eigenvalue weighted by atomic mass is 10.2. The van der Waals surface area contributed by atoms with Crippen LogP contribution in [-0.2, 0) is 11.8 Å². The monoisotopic (exact) mass is 339 g/mol. The largest absolute Gasteiger partial charge is 0.462 e. The summed E-state index contributed by atoms with van der Waals surface area (Å²) in [5.74, 6) is -0.357. The van der Waals surface area contributed by atoms with Crippen LogP contribution < -0.4 is 0 Å². The molecule has 0 fully saturated rings. The molecule has 1 aromatic carbocycles. The van der Waals surface area contributed by atoms with Gasteiger partial charge in [0, 0.05) is 13.2 Å². The summed E-state index contributed by atoms with van der Waals surface area (Å²) < 4.78 is 6.98. The maximum absolute atomic E-state index is 11.6. The number of hydrogen-bond acceptors (Lipinski definition) is 5. The van der Waals surface area contributed by atoms with E-state index in [1.165, 1.54) is 18.0 Å². The molecule has 122 valence electrons. The zero-order chi connectivity index (χ0) is 16.9. The summed E-state index contributed by atoms with van der Waals surface area (Å²) in [6, 6.07) is 13.6. The highest BCUT2D eigenvalue weighted by molar-refractivity contribution is 7.99. The van der Waals surface area contributed by atoms with Gasteiger partial charge in [0.25, 0.3) is 0 Å². The molecule has 0 aliphatic carbocycles. The van der Waals surface area contributed by atoms with Gasteiger partial charge in [-0.05, 0) is 36.4 Å². The molecule has 3 rings (SSSR count). The fourth-order valence-corrected chi connectivity index (χ4v) is 3.00. The van der Waals surface area contributed by atoms with Gasteiger partial charge in [0.05, 0.1) is 24.1 Å². The molecule has 3 aromatic rings. The van der Waals surface area contributed by atoms with Crippen LogP contribution in [0.2, 0.25) is 0 Å². The Balaban J connectivity index is 1.77. The van der Waals surface area contributed by atoms with Crippen LogP contribution in [0.5, 0.6) is 0 Å². The van der Waals surface area contributed by atoms with Crippen LogP contribution in [-0.4, -0.2) is 27.1 Å². The second kappa shape index (κ2) is 7.31. The first-order valence-corrected chi connectivity index (χ1v) is 8.39. The molecule has 0 amide bonds. The van der Waals surface area contributed by atoms with Crippen molar-refractivity contribution in [3.63, 3.8) is 0 Å². The smallest absolute Gasteiger partial charge is 0.339 e. The molecule has 0 aliphatic rings. The average molecular weight is 339 g/mol. The van der Waals surface area contributed by atoms with Gasteiger partial charge in [-0.3, -0.25) is 0 Å². The fraction of sp³-hybridized carbons (Fsp3) is 0.167. The highest BCUT2D eigenvalue weighted by Crippen LogP contribution is 2.28. The van der Waals surface area contributed by atoms with E-state index in [2.05, 4.69) is 22.1 Å². The highest BCUT2D eigenvalue weighted by Gasteiger charge is 2.12. The number of pyridine rings is 1. The highest BCUT2D eigenvalue weighted by atomic mass is 32.2. The molecule has 0 radical (unpaired) electrons. The first kappa shape index (κ1) is 16.3. The molecule has 0 unspecified atom stereocenters. The predicted octanol–water partition coefficient (Wildman–Crippen LogP) is 3.81. The van der Waals surface area contributed by atoms with Crippen LogP contribution in [0.3, 0.4) is 0 Å². The molecule has 0 N–H and O–H groups in total. The van der Waals surface area contributed by atoms with Crippen molar-refractivity contribution in [1.29, 1.82) is 0 Å². The Hall–Kier alpha value is -2.60. The van der Waals surface area contributed by atoms with Gasteiger partial charge in [0.1, 0.15) is 5.03 Å². The minimum absolute atomic E-state index is 0.352. The van der Waals surface area contributed by atoms with E-state index in [0.29, 0.717) is 12.2 Å². The van der Waals surface area contributed by atoms with Gasteiger partial charge in [0.2, 0.25) is 0 Å². The number of esters is 1. The molecule has 6 heteroatoms. The number of carbonyl (C=O) groups excluding carboxylic acids is 1. The Kier molecular flexibility index (Phi) is 4.96. The lowest BCUT2D eigenvalue weighted by Crippen LogP contribution is -2.04. The van der Waals surface area contributed by atoms with E-state index in [0.717, 1.165) is 21.4 Å². The number of rotatable bonds is 5. The Bertz CT molecular complexity index is 829. The Morgan fingerprint density at radius 3 is 2.58 bits per heavy atom. The summed E-state index contributed by atoms with van der Waals surface area (Å²) in [5, 5.41) is 1.61. The Morgan fingerprint density at radius 2 is 1.92 bits per heavy atom. The maximum atomic E-state index is 11.6. The molecule has 0 aliphatic heterocycles. The van der Waals surface area contributed by atoms with Gasteiger partial charge in [0.15, 0.2) is 5.16 Å². The van der Waals surface area contributed by atoms with Gasteiger partial charge in [-0.2, -0.15) is 0 Å². The number of ether oxygens (including phenoxy) is 1. The second-order valence-corrected chi connectivity index (χ2v) is 6.05. The molecule has 0 bridgehead atoms. The van der Waals surface area contributed by atoms with Crippen LogP contribution >= 0.6 is 11.8 Å². The normalized spacial score (nSPS) is 10.6. The molecule has 2 heterocycles. The minimum Gasteiger partial charge on any atom is -0.462 e. The van der Waals surface area contributed by atoms with Crippen molar-refractivity contribution in [1.82, 2.24) is 14.5 Å². The maximum Gasteiger partial charge on any atom is 0.339 e. The Labute approximate surface area is 144 Å². The first-order valence-electron chi connectivity index (χ1n) is 7.57. The topological polar surface area (TPSA) is 57.0 Å². The van der Waals surface area contributed by atoms with Gasteiger partial charge >= 0.3 is 5.97 Å². The van der Waals surface area contributed by atoms with Crippen LogP contribution in [0.1, 0.15) is 17.3 Å². The molecule has 0 spiro atoms. The zero-order valence-corrected chi connectivity index (χ0v) is 14.3. The van der Waals surface area contributed by atoms with Gasteiger partial charge in [-0.15, -0.1) is 0 Å². The molecule has 5 nitrogen and oxygen atoms in total. The second-order valence-electron chi connectivity index (χ2n) is 5.06. The van der Waals surface area contributed by atoms with E-state index in [9.17, 15) is 4.79 Å². The van der Waals surface area contributed by atoms with E-state index in [1.54, 1.807) is 19.1 Å². The van der Waals surface area contributed by atoms with E-state index < -0.39 is 0 Å². The number of carbonyl (C=O) groups is 1. The molecule has 0 saturated heterocycles. The lowest BCUT2D eigenvalue weighted by molar-refractivity contribution is 0.0525. The zero-order valence-electron chi connectivity index (χ0n) is 13.5. The van der Waals surface area contributed by atoms with Crippen molar-refractivity contribution >= 4 is 17.7 Å².